The summed E-state index contributed by atoms with van der Waals surface area (Å²) < 4.78 is 15.6. The lowest BCUT2D eigenvalue weighted by atomic mass is 10.1. The van der Waals surface area contributed by atoms with Crippen LogP contribution < -0.4 is 24.8 Å². The Morgan fingerprint density at radius 3 is 2.17 bits per heavy atom. The Balaban J connectivity index is 1.86. The summed E-state index contributed by atoms with van der Waals surface area (Å²) in [6.45, 7) is 0.459. The van der Waals surface area contributed by atoms with Crippen LogP contribution in [0.1, 0.15) is 15.9 Å². The molecule has 0 unspecified atom stereocenters. The van der Waals surface area contributed by atoms with Crippen LogP contribution >= 0.6 is 23.2 Å². The molecule has 0 aliphatic rings. The summed E-state index contributed by atoms with van der Waals surface area (Å²) in [5, 5.41) is 5.93. The highest BCUT2D eigenvalue weighted by molar-refractivity contribution is 6.37. The summed E-state index contributed by atoms with van der Waals surface area (Å²) in [5.41, 5.74) is 0.929. The fraction of sp³-hybridized carbons (Fsp3) is 0.300. The highest BCUT2D eigenvalue weighted by atomic mass is 35.5. The second-order valence-electron chi connectivity index (χ2n) is 5.91. The molecule has 0 bridgehead atoms. The standard InChI is InChI=1S/C20H22Cl2N2O5/c1-27-15-7-4-12(10-16(15)28-2)11-17(25)23-8-9-24-20(26)18-13(21)5-6-14(22)19(18)29-3/h4-7,10H,8-9,11H2,1-3H3,(H,23,25)(H,24,26). The number of ether oxygens (including phenoxy) is 3. The second kappa shape index (κ2) is 10.8. The van der Waals surface area contributed by atoms with Gasteiger partial charge >= 0.3 is 0 Å². The van der Waals surface area contributed by atoms with Crippen molar-refractivity contribution in [1.29, 1.82) is 0 Å². The van der Waals surface area contributed by atoms with Crippen LogP contribution in [0, 0.1) is 0 Å². The molecule has 2 amide bonds. The number of hydrogen-bond acceptors (Lipinski definition) is 5. The molecule has 2 aromatic rings. The molecule has 2 aromatic carbocycles. The van der Waals surface area contributed by atoms with Crippen LogP contribution in [0.3, 0.4) is 0 Å². The summed E-state index contributed by atoms with van der Waals surface area (Å²) >= 11 is 12.1. The van der Waals surface area contributed by atoms with E-state index in [4.69, 9.17) is 37.4 Å². The average Bonchev–Trinajstić information content (AvgIpc) is 2.72. The molecule has 0 saturated heterocycles. The number of hydrogen-bond donors (Lipinski definition) is 2. The largest absolute Gasteiger partial charge is 0.494 e. The number of nitrogens with one attached hydrogen (secondary N) is 2. The smallest absolute Gasteiger partial charge is 0.256 e. The molecule has 0 aliphatic carbocycles. The van der Waals surface area contributed by atoms with Gasteiger partial charge in [0.15, 0.2) is 17.2 Å². The second-order valence-corrected chi connectivity index (χ2v) is 6.72. The zero-order chi connectivity index (χ0) is 21.4. The minimum atomic E-state index is -0.441. The van der Waals surface area contributed by atoms with Gasteiger partial charge in [0, 0.05) is 13.1 Å². The van der Waals surface area contributed by atoms with E-state index in [1.54, 1.807) is 31.4 Å². The predicted octanol–water partition coefficient (Wildman–Crippen LogP) is 3.11. The van der Waals surface area contributed by atoms with Gasteiger partial charge in [-0.3, -0.25) is 9.59 Å². The summed E-state index contributed by atoms with van der Waals surface area (Å²) in [6.07, 6.45) is 0.169. The summed E-state index contributed by atoms with van der Waals surface area (Å²) in [4.78, 5) is 24.5. The van der Waals surface area contributed by atoms with Crippen molar-refractivity contribution in [3.05, 3.63) is 51.5 Å². The maximum Gasteiger partial charge on any atom is 0.256 e. The van der Waals surface area contributed by atoms with Gasteiger partial charge in [0.25, 0.3) is 5.91 Å². The molecule has 0 fully saturated rings. The van der Waals surface area contributed by atoms with Crippen LogP contribution in [0.25, 0.3) is 0 Å². The van der Waals surface area contributed by atoms with Gasteiger partial charge in [-0.15, -0.1) is 0 Å². The first-order valence-corrected chi connectivity index (χ1v) is 9.44. The van der Waals surface area contributed by atoms with Crippen molar-refractivity contribution in [2.45, 2.75) is 6.42 Å². The number of benzene rings is 2. The van der Waals surface area contributed by atoms with Gasteiger partial charge in [-0.2, -0.15) is 0 Å². The van der Waals surface area contributed by atoms with Gasteiger partial charge in [-0.1, -0.05) is 29.3 Å². The van der Waals surface area contributed by atoms with E-state index in [1.807, 2.05) is 0 Å². The summed E-state index contributed by atoms with van der Waals surface area (Å²) in [5.74, 6) is 0.717. The Kier molecular flexibility index (Phi) is 8.42. The Hall–Kier alpha value is -2.64. The third-order valence-electron chi connectivity index (χ3n) is 4.04. The van der Waals surface area contributed by atoms with Crippen LogP contribution in [0.15, 0.2) is 30.3 Å². The number of carbonyl (C=O) groups excluding carboxylic acids is 2. The fourth-order valence-corrected chi connectivity index (χ4v) is 3.12. The molecule has 0 atom stereocenters. The molecule has 0 aromatic heterocycles. The Morgan fingerprint density at radius 2 is 1.52 bits per heavy atom. The lowest BCUT2D eigenvalue weighted by Gasteiger charge is -2.13. The normalized spacial score (nSPS) is 10.2. The minimum absolute atomic E-state index is 0.151. The topological polar surface area (TPSA) is 85.9 Å². The van der Waals surface area contributed by atoms with Crippen LogP contribution in [-0.4, -0.2) is 46.2 Å². The third-order valence-corrected chi connectivity index (χ3v) is 4.65. The van der Waals surface area contributed by atoms with Gasteiger partial charge in [-0.05, 0) is 29.8 Å². The van der Waals surface area contributed by atoms with Crippen molar-refractivity contribution in [1.82, 2.24) is 10.6 Å². The van der Waals surface area contributed by atoms with Crippen LogP contribution in [-0.2, 0) is 11.2 Å². The van der Waals surface area contributed by atoms with Gasteiger partial charge < -0.3 is 24.8 Å². The summed E-state index contributed by atoms with van der Waals surface area (Å²) in [7, 11) is 4.49. The molecule has 2 N–H and O–H groups in total. The van der Waals surface area contributed by atoms with Crippen LogP contribution in [0.5, 0.6) is 17.2 Å². The predicted molar refractivity (Wildman–Crippen MR) is 112 cm³/mol. The summed E-state index contributed by atoms with van der Waals surface area (Å²) in [6, 6.07) is 8.34. The van der Waals surface area contributed by atoms with E-state index in [0.717, 1.165) is 5.56 Å². The van der Waals surface area contributed by atoms with E-state index in [1.165, 1.54) is 20.3 Å². The number of amides is 2. The lowest BCUT2D eigenvalue weighted by Crippen LogP contribution is -2.35. The van der Waals surface area contributed by atoms with E-state index < -0.39 is 5.91 Å². The highest BCUT2D eigenvalue weighted by Gasteiger charge is 2.19. The average molecular weight is 441 g/mol. The van der Waals surface area contributed by atoms with E-state index >= 15 is 0 Å². The Morgan fingerprint density at radius 1 is 0.862 bits per heavy atom. The Bertz CT molecular complexity index is 889. The fourth-order valence-electron chi connectivity index (χ4n) is 2.65. The monoisotopic (exact) mass is 440 g/mol. The molecule has 0 saturated carbocycles. The van der Waals surface area contributed by atoms with Crippen molar-refractivity contribution >= 4 is 35.0 Å². The first-order chi connectivity index (χ1) is 13.9. The van der Waals surface area contributed by atoms with Gasteiger partial charge in [0.2, 0.25) is 5.91 Å². The molecule has 0 aliphatic heterocycles. The third kappa shape index (κ3) is 5.92. The highest BCUT2D eigenvalue weighted by Crippen LogP contribution is 2.33. The molecule has 2 rings (SSSR count). The lowest BCUT2D eigenvalue weighted by molar-refractivity contribution is -0.120. The molecule has 0 heterocycles. The molecule has 0 radical (unpaired) electrons. The maximum absolute atomic E-state index is 12.4. The quantitative estimate of drug-likeness (QED) is 0.585. The van der Waals surface area contributed by atoms with Gasteiger partial charge in [0.1, 0.15) is 5.56 Å². The van der Waals surface area contributed by atoms with Crippen LogP contribution in [0.2, 0.25) is 10.0 Å². The molecule has 156 valence electrons. The first kappa shape index (κ1) is 22.6. The first-order valence-electron chi connectivity index (χ1n) is 8.69. The van der Waals surface area contributed by atoms with Crippen molar-refractivity contribution in [3.8, 4) is 17.2 Å². The van der Waals surface area contributed by atoms with Crippen molar-refractivity contribution < 1.29 is 23.8 Å². The van der Waals surface area contributed by atoms with Crippen molar-refractivity contribution in [2.24, 2.45) is 0 Å². The maximum atomic E-state index is 12.4. The molecular weight excluding hydrogens is 419 g/mol. The van der Waals surface area contributed by atoms with E-state index in [-0.39, 0.29) is 46.8 Å². The number of carbonyl (C=O) groups is 2. The number of halogens is 2. The number of rotatable bonds is 9. The zero-order valence-electron chi connectivity index (χ0n) is 16.3. The zero-order valence-corrected chi connectivity index (χ0v) is 17.8. The molecule has 9 heteroatoms. The minimum Gasteiger partial charge on any atom is -0.494 e. The number of methoxy groups -OCH3 is 3. The van der Waals surface area contributed by atoms with Gasteiger partial charge in [-0.25, -0.2) is 0 Å². The van der Waals surface area contributed by atoms with Gasteiger partial charge in [0.05, 0.1) is 37.8 Å². The SMILES string of the molecule is COc1ccc(CC(=O)NCCNC(=O)c2c(Cl)ccc(Cl)c2OC)cc1OC. The van der Waals surface area contributed by atoms with E-state index in [0.29, 0.717) is 11.5 Å². The Labute approximate surface area is 179 Å². The molecule has 7 nitrogen and oxygen atoms in total. The van der Waals surface area contributed by atoms with Crippen molar-refractivity contribution in [3.63, 3.8) is 0 Å². The van der Waals surface area contributed by atoms with E-state index in [9.17, 15) is 9.59 Å². The molecule has 29 heavy (non-hydrogen) atoms. The molecule has 0 spiro atoms. The molecular formula is C20H22Cl2N2O5. The van der Waals surface area contributed by atoms with Crippen molar-refractivity contribution in [2.75, 3.05) is 34.4 Å². The van der Waals surface area contributed by atoms with E-state index in [2.05, 4.69) is 10.6 Å². The van der Waals surface area contributed by atoms with Crippen LogP contribution in [0.4, 0.5) is 0 Å².